The second-order valence-electron chi connectivity index (χ2n) is 5.24. The molecule has 0 aliphatic heterocycles. The first-order valence-corrected chi connectivity index (χ1v) is 8.08. The van der Waals surface area contributed by atoms with E-state index >= 15 is 0 Å². The molecule has 0 amide bonds. The maximum Gasteiger partial charge on any atom is 0.355 e. The predicted molar refractivity (Wildman–Crippen MR) is 87.0 cm³/mol. The summed E-state index contributed by atoms with van der Waals surface area (Å²) in [6.07, 6.45) is 0. The van der Waals surface area contributed by atoms with Gasteiger partial charge in [0.15, 0.2) is 12.4 Å². The van der Waals surface area contributed by atoms with E-state index in [2.05, 4.69) is 15.2 Å². The largest absolute Gasteiger partial charge is 0.451 e. The number of thiophene rings is 1. The molecule has 0 aliphatic rings. The maximum atomic E-state index is 12.2. The summed E-state index contributed by atoms with van der Waals surface area (Å²) >= 11 is 1.48. The number of H-pyrrole nitrogens is 1. The average molecular weight is 345 g/mol. The van der Waals surface area contributed by atoms with Crippen LogP contribution in [0.5, 0.6) is 0 Å². The third-order valence-electron chi connectivity index (χ3n) is 3.52. The molecule has 3 aromatic heterocycles. The number of nitrogens with zero attached hydrogens (tertiary/aromatic N) is 2. The standard InChI is InChI=1S/C16H15N3O4S/c1-8-13(10(3)20)9(2)17-14(8)16(21)22-7-12-18-19-15(23-12)11-5-4-6-24-11/h4-6,17H,7H2,1-3H3. The van der Waals surface area contributed by atoms with Crippen molar-refractivity contribution in [1.82, 2.24) is 15.2 Å². The van der Waals surface area contributed by atoms with E-state index in [-0.39, 0.29) is 24.0 Å². The lowest BCUT2D eigenvalue weighted by Crippen LogP contribution is -2.08. The van der Waals surface area contributed by atoms with E-state index in [0.29, 0.717) is 22.7 Å². The van der Waals surface area contributed by atoms with Crippen LogP contribution >= 0.6 is 11.3 Å². The second-order valence-corrected chi connectivity index (χ2v) is 6.18. The number of hydrogen-bond acceptors (Lipinski definition) is 7. The average Bonchev–Trinajstić information content (AvgIpc) is 3.24. The van der Waals surface area contributed by atoms with Gasteiger partial charge in [-0.15, -0.1) is 21.5 Å². The first kappa shape index (κ1) is 16.1. The molecule has 0 radical (unpaired) electrons. The van der Waals surface area contributed by atoms with Crippen LogP contribution in [0.3, 0.4) is 0 Å². The van der Waals surface area contributed by atoms with Gasteiger partial charge in [0.1, 0.15) is 5.69 Å². The first-order valence-electron chi connectivity index (χ1n) is 7.21. The number of carbonyl (C=O) groups excluding carboxylic acids is 2. The number of hydrogen-bond donors (Lipinski definition) is 1. The van der Waals surface area contributed by atoms with Crippen molar-refractivity contribution in [2.45, 2.75) is 27.4 Å². The van der Waals surface area contributed by atoms with Crippen LogP contribution in [-0.4, -0.2) is 26.9 Å². The molecule has 124 valence electrons. The molecule has 3 heterocycles. The number of esters is 1. The van der Waals surface area contributed by atoms with Gasteiger partial charge in [-0.1, -0.05) is 6.07 Å². The fourth-order valence-corrected chi connectivity index (χ4v) is 3.14. The number of ketones is 1. The fourth-order valence-electron chi connectivity index (χ4n) is 2.49. The van der Waals surface area contributed by atoms with Crippen LogP contribution in [0.25, 0.3) is 10.8 Å². The zero-order valence-corrected chi connectivity index (χ0v) is 14.2. The minimum absolute atomic E-state index is 0.0993. The molecule has 0 fully saturated rings. The summed E-state index contributed by atoms with van der Waals surface area (Å²) in [5, 5.41) is 9.68. The Morgan fingerprint density at radius 2 is 2.12 bits per heavy atom. The van der Waals surface area contributed by atoms with Gasteiger partial charge in [-0.25, -0.2) is 4.79 Å². The SMILES string of the molecule is CC(=O)c1c(C)[nH]c(C(=O)OCc2nnc(-c3cccs3)o2)c1C. The monoisotopic (exact) mass is 345 g/mol. The lowest BCUT2D eigenvalue weighted by molar-refractivity contribution is 0.0431. The van der Waals surface area contributed by atoms with Gasteiger partial charge in [0, 0.05) is 11.3 Å². The predicted octanol–water partition coefficient (Wildman–Crippen LogP) is 3.30. The summed E-state index contributed by atoms with van der Waals surface area (Å²) in [5.41, 5.74) is 2.00. The van der Waals surface area contributed by atoms with Gasteiger partial charge in [-0.3, -0.25) is 4.79 Å². The summed E-state index contributed by atoms with van der Waals surface area (Å²) in [5.74, 6) is -0.0712. The molecule has 0 aromatic carbocycles. The molecule has 7 nitrogen and oxygen atoms in total. The third kappa shape index (κ3) is 3.00. The first-order chi connectivity index (χ1) is 11.5. The lowest BCUT2D eigenvalue weighted by atomic mass is 10.1. The number of aromatic nitrogens is 3. The van der Waals surface area contributed by atoms with Crippen molar-refractivity contribution in [3.05, 3.63) is 45.9 Å². The van der Waals surface area contributed by atoms with Crippen molar-refractivity contribution >= 4 is 23.1 Å². The molecular weight excluding hydrogens is 330 g/mol. The Bertz CT molecular complexity index is 893. The highest BCUT2D eigenvalue weighted by atomic mass is 32.1. The van der Waals surface area contributed by atoms with E-state index < -0.39 is 5.97 Å². The van der Waals surface area contributed by atoms with Gasteiger partial charge in [0.05, 0.1) is 4.88 Å². The van der Waals surface area contributed by atoms with Gasteiger partial charge in [-0.2, -0.15) is 0 Å². The van der Waals surface area contributed by atoms with Gasteiger partial charge < -0.3 is 14.1 Å². The highest BCUT2D eigenvalue weighted by molar-refractivity contribution is 7.13. The third-order valence-corrected chi connectivity index (χ3v) is 4.38. The van der Waals surface area contributed by atoms with E-state index in [4.69, 9.17) is 9.15 Å². The summed E-state index contributed by atoms with van der Waals surface area (Å²) in [6.45, 7) is 4.77. The van der Waals surface area contributed by atoms with Gasteiger partial charge in [0.2, 0.25) is 0 Å². The second kappa shape index (κ2) is 6.40. The number of aryl methyl sites for hydroxylation is 1. The quantitative estimate of drug-likeness (QED) is 0.563. The zero-order chi connectivity index (χ0) is 17.3. The topological polar surface area (TPSA) is 98.1 Å². The fraction of sp³-hybridized carbons (Fsp3) is 0.250. The van der Waals surface area contributed by atoms with Crippen LogP contribution in [0.1, 0.15) is 44.9 Å². The number of carbonyl (C=O) groups is 2. The van der Waals surface area contributed by atoms with Crippen LogP contribution in [0, 0.1) is 13.8 Å². The molecule has 0 unspecified atom stereocenters. The van der Waals surface area contributed by atoms with Gasteiger partial charge in [-0.05, 0) is 37.8 Å². The molecule has 3 rings (SSSR count). The molecule has 0 bridgehead atoms. The number of aromatic amines is 1. The number of rotatable bonds is 5. The van der Waals surface area contributed by atoms with E-state index in [0.717, 1.165) is 4.88 Å². The molecule has 24 heavy (non-hydrogen) atoms. The Labute approximate surface area is 141 Å². The van der Waals surface area contributed by atoms with E-state index in [1.807, 2.05) is 17.5 Å². The molecule has 1 N–H and O–H groups in total. The summed E-state index contributed by atoms with van der Waals surface area (Å²) in [7, 11) is 0. The molecule has 0 saturated heterocycles. The Morgan fingerprint density at radius 1 is 1.33 bits per heavy atom. The smallest absolute Gasteiger partial charge is 0.355 e. The number of ether oxygens (including phenoxy) is 1. The summed E-state index contributed by atoms with van der Waals surface area (Å²) in [4.78, 5) is 27.6. The highest BCUT2D eigenvalue weighted by Gasteiger charge is 2.21. The minimum atomic E-state index is -0.570. The van der Waals surface area contributed by atoms with Crippen molar-refractivity contribution < 1.29 is 18.7 Å². The molecule has 3 aromatic rings. The van der Waals surface area contributed by atoms with E-state index in [1.165, 1.54) is 18.3 Å². The Hall–Kier alpha value is -2.74. The highest BCUT2D eigenvalue weighted by Crippen LogP contribution is 2.23. The van der Waals surface area contributed by atoms with Crippen LogP contribution in [-0.2, 0) is 11.3 Å². The number of nitrogens with one attached hydrogen (secondary N) is 1. The summed E-state index contributed by atoms with van der Waals surface area (Å²) in [6, 6.07) is 3.75. The van der Waals surface area contributed by atoms with Gasteiger partial charge >= 0.3 is 5.97 Å². The van der Waals surface area contributed by atoms with E-state index in [9.17, 15) is 9.59 Å². The molecule has 8 heteroatoms. The molecule has 0 saturated carbocycles. The van der Waals surface area contributed by atoms with Crippen molar-refractivity contribution in [2.75, 3.05) is 0 Å². The van der Waals surface area contributed by atoms with Crippen LogP contribution in [0.2, 0.25) is 0 Å². The molecule has 0 spiro atoms. The molecular formula is C16H15N3O4S. The van der Waals surface area contributed by atoms with Crippen LogP contribution in [0.15, 0.2) is 21.9 Å². The number of Topliss-reactive ketones (excluding diaryl/α,β-unsaturated/α-hetero) is 1. The Kier molecular flexibility index (Phi) is 4.30. The van der Waals surface area contributed by atoms with Crippen molar-refractivity contribution in [2.24, 2.45) is 0 Å². The van der Waals surface area contributed by atoms with Gasteiger partial charge in [0.25, 0.3) is 11.8 Å². The van der Waals surface area contributed by atoms with E-state index in [1.54, 1.807) is 13.8 Å². The van der Waals surface area contributed by atoms with Crippen LogP contribution in [0.4, 0.5) is 0 Å². The summed E-state index contributed by atoms with van der Waals surface area (Å²) < 4.78 is 10.7. The van der Waals surface area contributed by atoms with Crippen molar-refractivity contribution in [1.29, 1.82) is 0 Å². The lowest BCUT2D eigenvalue weighted by Gasteiger charge is -2.01. The van der Waals surface area contributed by atoms with Crippen molar-refractivity contribution in [3.8, 4) is 10.8 Å². The maximum absolute atomic E-state index is 12.2. The normalized spacial score (nSPS) is 10.8. The van der Waals surface area contributed by atoms with Crippen molar-refractivity contribution in [3.63, 3.8) is 0 Å². The minimum Gasteiger partial charge on any atom is -0.451 e. The molecule has 0 atom stereocenters. The molecule has 0 aliphatic carbocycles. The Balaban J connectivity index is 1.70. The zero-order valence-electron chi connectivity index (χ0n) is 13.4. The van der Waals surface area contributed by atoms with Crippen LogP contribution < -0.4 is 0 Å². The Morgan fingerprint density at radius 3 is 2.75 bits per heavy atom.